The van der Waals surface area contributed by atoms with Crippen molar-refractivity contribution < 1.29 is 28.2 Å². The number of carboxylic acid groups (broad SMARTS) is 1. The minimum atomic E-state index is -3.42. The van der Waals surface area contributed by atoms with E-state index >= 15 is 0 Å². The second-order valence-electron chi connectivity index (χ2n) is 4.25. The van der Waals surface area contributed by atoms with Crippen LogP contribution in [-0.4, -0.2) is 29.5 Å². The SMILES string of the molecule is NCC(F)(F)CC(C(=O)O)C(=O)OCc1ccccc1. The van der Waals surface area contributed by atoms with Gasteiger partial charge in [0.15, 0.2) is 5.92 Å². The summed E-state index contributed by atoms with van der Waals surface area (Å²) in [5.41, 5.74) is 5.46. The number of aliphatic carboxylic acids is 1. The number of nitrogens with two attached hydrogens (primary N) is 1. The molecule has 0 aliphatic rings. The zero-order valence-electron chi connectivity index (χ0n) is 10.6. The molecule has 1 atom stereocenters. The fourth-order valence-corrected chi connectivity index (χ4v) is 1.48. The Bertz CT molecular complexity index is 465. The lowest BCUT2D eigenvalue weighted by atomic mass is 10.0. The van der Waals surface area contributed by atoms with Gasteiger partial charge < -0.3 is 15.6 Å². The second kappa shape index (κ2) is 6.95. The van der Waals surface area contributed by atoms with Crippen LogP contribution in [0.1, 0.15) is 12.0 Å². The molecule has 110 valence electrons. The number of hydrogen-bond acceptors (Lipinski definition) is 4. The van der Waals surface area contributed by atoms with Gasteiger partial charge in [-0.1, -0.05) is 30.3 Å². The molecule has 0 aliphatic heterocycles. The zero-order valence-corrected chi connectivity index (χ0v) is 10.6. The van der Waals surface area contributed by atoms with Gasteiger partial charge in [0.25, 0.3) is 5.92 Å². The monoisotopic (exact) mass is 287 g/mol. The van der Waals surface area contributed by atoms with Crippen LogP contribution in [0.15, 0.2) is 30.3 Å². The number of rotatable bonds is 7. The molecule has 0 radical (unpaired) electrons. The molecule has 0 aromatic heterocycles. The fourth-order valence-electron chi connectivity index (χ4n) is 1.48. The van der Waals surface area contributed by atoms with Crippen molar-refractivity contribution in [2.45, 2.75) is 19.0 Å². The van der Waals surface area contributed by atoms with E-state index in [2.05, 4.69) is 0 Å². The highest BCUT2D eigenvalue weighted by Crippen LogP contribution is 2.23. The van der Waals surface area contributed by atoms with E-state index in [4.69, 9.17) is 15.6 Å². The number of carbonyl (C=O) groups excluding carboxylic acids is 1. The van der Waals surface area contributed by atoms with Crippen LogP contribution >= 0.6 is 0 Å². The lowest BCUT2D eigenvalue weighted by Gasteiger charge is -2.18. The van der Waals surface area contributed by atoms with Gasteiger partial charge in [0.2, 0.25) is 0 Å². The van der Waals surface area contributed by atoms with Gasteiger partial charge in [0, 0.05) is 6.42 Å². The predicted octanol–water partition coefficient (Wildman–Crippen LogP) is 1.41. The molecule has 0 saturated heterocycles. The third-order valence-corrected chi connectivity index (χ3v) is 2.61. The molecule has 0 amide bonds. The molecule has 5 nitrogen and oxygen atoms in total. The number of carboxylic acids is 1. The van der Waals surface area contributed by atoms with Crippen LogP contribution in [0.3, 0.4) is 0 Å². The number of alkyl halides is 2. The lowest BCUT2D eigenvalue weighted by Crippen LogP contribution is -2.36. The maximum atomic E-state index is 13.1. The van der Waals surface area contributed by atoms with Gasteiger partial charge in [0.1, 0.15) is 6.61 Å². The van der Waals surface area contributed by atoms with E-state index < -0.39 is 36.7 Å². The van der Waals surface area contributed by atoms with Gasteiger partial charge in [-0.05, 0) is 5.56 Å². The fraction of sp³-hybridized carbons (Fsp3) is 0.385. The predicted molar refractivity (Wildman–Crippen MR) is 66.0 cm³/mol. The number of benzene rings is 1. The number of hydrogen-bond donors (Lipinski definition) is 2. The quantitative estimate of drug-likeness (QED) is 0.584. The summed E-state index contributed by atoms with van der Waals surface area (Å²) in [7, 11) is 0. The van der Waals surface area contributed by atoms with E-state index in [1.54, 1.807) is 30.3 Å². The Morgan fingerprint density at radius 1 is 1.30 bits per heavy atom. The van der Waals surface area contributed by atoms with Crippen molar-refractivity contribution in [1.82, 2.24) is 0 Å². The molecule has 0 spiro atoms. The van der Waals surface area contributed by atoms with Crippen molar-refractivity contribution in [2.75, 3.05) is 6.54 Å². The Morgan fingerprint density at radius 3 is 2.40 bits per heavy atom. The molecule has 1 aromatic rings. The minimum Gasteiger partial charge on any atom is -0.481 e. The molecule has 7 heteroatoms. The molecule has 1 aromatic carbocycles. The van der Waals surface area contributed by atoms with Crippen LogP contribution in [0.4, 0.5) is 8.78 Å². The topological polar surface area (TPSA) is 89.6 Å². The molecule has 0 fully saturated rings. The third kappa shape index (κ3) is 4.93. The average Bonchev–Trinajstić information content (AvgIpc) is 2.43. The smallest absolute Gasteiger partial charge is 0.320 e. The van der Waals surface area contributed by atoms with E-state index in [9.17, 15) is 18.4 Å². The van der Waals surface area contributed by atoms with Crippen molar-refractivity contribution in [3.8, 4) is 0 Å². The number of carbonyl (C=O) groups is 2. The third-order valence-electron chi connectivity index (χ3n) is 2.61. The molecular weight excluding hydrogens is 272 g/mol. The zero-order chi connectivity index (χ0) is 15.2. The molecule has 0 heterocycles. The van der Waals surface area contributed by atoms with Gasteiger partial charge in [0.05, 0.1) is 6.54 Å². The largest absolute Gasteiger partial charge is 0.481 e. The highest BCUT2D eigenvalue weighted by Gasteiger charge is 2.39. The van der Waals surface area contributed by atoms with Crippen LogP contribution < -0.4 is 5.73 Å². The van der Waals surface area contributed by atoms with E-state index in [0.717, 1.165) is 0 Å². The van der Waals surface area contributed by atoms with Gasteiger partial charge in [-0.2, -0.15) is 0 Å². The highest BCUT2D eigenvalue weighted by molar-refractivity contribution is 5.93. The summed E-state index contributed by atoms with van der Waals surface area (Å²) in [5.74, 6) is -8.21. The molecular formula is C13H15F2NO4. The van der Waals surface area contributed by atoms with Gasteiger partial charge >= 0.3 is 11.9 Å². The lowest BCUT2D eigenvalue weighted by molar-refractivity contribution is -0.164. The highest BCUT2D eigenvalue weighted by atomic mass is 19.3. The summed E-state index contributed by atoms with van der Waals surface area (Å²) in [6, 6.07) is 8.50. The number of esters is 1. The minimum absolute atomic E-state index is 0.169. The summed E-state index contributed by atoms with van der Waals surface area (Å²) < 4.78 is 30.9. The Labute approximate surface area is 114 Å². The molecule has 0 bridgehead atoms. The van der Waals surface area contributed by atoms with Gasteiger partial charge in [-0.15, -0.1) is 0 Å². The average molecular weight is 287 g/mol. The van der Waals surface area contributed by atoms with Crippen molar-refractivity contribution in [3.05, 3.63) is 35.9 Å². The summed E-state index contributed by atoms with van der Waals surface area (Å²) >= 11 is 0. The molecule has 1 unspecified atom stereocenters. The normalized spacial score (nSPS) is 12.8. The molecule has 3 N–H and O–H groups in total. The van der Waals surface area contributed by atoms with Crippen molar-refractivity contribution >= 4 is 11.9 Å². The Morgan fingerprint density at radius 2 is 1.90 bits per heavy atom. The van der Waals surface area contributed by atoms with Crippen LogP contribution in [0.5, 0.6) is 0 Å². The summed E-state index contributed by atoms with van der Waals surface area (Å²) in [6.07, 6.45) is -1.17. The van der Waals surface area contributed by atoms with E-state index in [0.29, 0.717) is 5.56 Å². The maximum Gasteiger partial charge on any atom is 0.320 e. The van der Waals surface area contributed by atoms with Gasteiger partial charge in [-0.3, -0.25) is 9.59 Å². The first-order chi connectivity index (χ1) is 9.35. The summed E-state index contributed by atoms with van der Waals surface area (Å²) in [6.45, 7) is -1.19. The molecule has 0 aliphatic carbocycles. The molecule has 20 heavy (non-hydrogen) atoms. The number of ether oxygens (including phenoxy) is 1. The van der Waals surface area contributed by atoms with Crippen LogP contribution in [0.25, 0.3) is 0 Å². The van der Waals surface area contributed by atoms with Crippen molar-refractivity contribution in [3.63, 3.8) is 0 Å². The Balaban J connectivity index is 2.63. The Hall–Kier alpha value is -2.02. The second-order valence-corrected chi connectivity index (χ2v) is 4.25. The summed E-state index contributed by atoms with van der Waals surface area (Å²) in [4.78, 5) is 22.4. The van der Waals surface area contributed by atoms with Crippen LogP contribution in [0, 0.1) is 5.92 Å². The van der Waals surface area contributed by atoms with Crippen molar-refractivity contribution in [1.29, 1.82) is 0 Å². The first-order valence-electron chi connectivity index (χ1n) is 5.87. The Kier molecular flexibility index (Phi) is 5.57. The summed E-state index contributed by atoms with van der Waals surface area (Å²) in [5, 5.41) is 8.82. The first kappa shape index (κ1) is 16.0. The molecule has 1 rings (SSSR count). The van der Waals surface area contributed by atoms with E-state index in [1.807, 2.05) is 0 Å². The van der Waals surface area contributed by atoms with E-state index in [-0.39, 0.29) is 6.61 Å². The first-order valence-corrected chi connectivity index (χ1v) is 5.87. The number of halogens is 2. The van der Waals surface area contributed by atoms with Crippen LogP contribution in [-0.2, 0) is 20.9 Å². The van der Waals surface area contributed by atoms with E-state index in [1.165, 1.54) is 0 Å². The molecule has 0 saturated carbocycles. The standard InChI is InChI=1S/C13H15F2NO4/c14-13(15,8-16)6-10(11(17)18)12(19)20-7-9-4-2-1-3-5-9/h1-5,10H,6-8,16H2,(H,17,18). The van der Waals surface area contributed by atoms with Crippen molar-refractivity contribution in [2.24, 2.45) is 11.7 Å². The van der Waals surface area contributed by atoms with Gasteiger partial charge in [-0.25, -0.2) is 8.78 Å². The van der Waals surface area contributed by atoms with Crippen LogP contribution in [0.2, 0.25) is 0 Å². The maximum absolute atomic E-state index is 13.1.